The van der Waals surface area contributed by atoms with Crippen LogP contribution >= 0.6 is 0 Å². The van der Waals surface area contributed by atoms with Crippen LogP contribution in [-0.4, -0.2) is 33.5 Å². The minimum absolute atomic E-state index is 0.0917. The third-order valence-electron chi connectivity index (χ3n) is 4.97. The van der Waals surface area contributed by atoms with E-state index in [4.69, 9.17) is 9.84 Å². The zero-order chi connectivity index (χ0) is 22.8. The van der Waals surface area contributed by atoms with E-state index in [-0.39, 0.29) is 25.0 Å². The minimum Gasteiger partial charge on any atom is -0.481 e. The molecule has 1 heterocycles. The van der Waals surface area contributed by atoms with Crippen molar-refractivity contribution < 1.29 is 19.4 Å². The number of benzene rings is 2. The fourth-order valence-corrected chi connectivity index (χ4v) is 3.20. The van der Waals surface area contributed by atoms with Gasteiger partial charge in [-0.05, 0) is 36.1 Å². The van der Waals surface area contributed by atoms with Gasteiger partial charge in [-0.3, -0.25) is 9.59 Å². The van der Waals surface area contributed by atoms with E-state index in [0.29, 0.717) is 11.6 Å². The zero-order valence-electron chi connectivity index (χ0n) is 18.0. The molecule has 3 rings (SSSR count). The van der Waals surface area contributed by atoms with Crippen LogP contribution < -0.4 is 10.1 Å². The number of rotatable bonds is 11. The van der Waals surface area contributed by atoms with E-state index in [2.05, 4.69) is 22.2 Å². The molecule has 0 saturated carbocycles. The second-order valence-corrected chi connectivity index (χ2v) is 7.39. The molecule has 0 unspecified atom stereocenters. The summed E-state index contributed by atoms with van der Waals surface area (Å²) in [5.41, 5.74) is 3.35. The molecular weight excluding hydrogens is 406 g/mol. The Morgan fingerprint density at radius 1 is 1.00 bits per heavy atom. The maximum Gasteiger partial charge on any atom is 0.316 e. The lowest BCUT2D eigenvalue weighted by molar-refractivity contribution is -0.136. The lowest BCUT2D eigenvalue weighted by atomic mass is 10.0. The van der Waals surface area contributed by atoms with Gasteiger partial charge in [0, 0.05) is 30.1 Å². The summed E-state index contributed by atoms with van der Waals surface area (Å²) < 4.78 is 6.10. The van der Waals surface area contributed by atoms with Crippen molar-refractivity contribution >= 4 is 11.9 Å². The fraction of sp³-hybridized carbons (Fsp3) is 0.280. The third kappa shape index (κ3) is 6.63. The Balaban J connectivity index is 1.68. The van der Waals surface area contributed by atoms with Gasteiger partial charge in [-0.15, -0.1) is 0 Å². The number of carboxylic acid groups (broad SMARTS) is 1. The number of aliphatic carboxylic acids is 1. The predicted octanol–water partition coefficient (Wildman–Crippen LogP) is 4.66. The average Bonchev–Trinajstić information content (AvgIpc) is 2.82. The van der Waals surface area contributed by atoms with Crippen LogP contribution in [0.25, 0.3) is 11.1 Å². The van der Waals surface area contributed by atoms with Gasteiger partial charge in [0.1, 0.15) is 6.10 Å². The summed E-state index contributed by atoms with van der Waals surface area (Å²) >= 11 is 0. The lowest BCUT2D eigenvalue weighted by Gasteiger charge is -2.18. The van der Waals surface area contributed by atoms with Crippen LogP contribution in [0, 0.1) is 0 Å². The number of nitrogens with one attached hydrogen (secondary N) is 1. The first-order chi connectivity index (χ1) is 15.6. The average molecular weight is 434 g/mol. The molecule has 7 nitrogen and oxygen atoms in total. The molecule has 7 heteroatoms. The standard InChI is InChI=1S/C25H27N3O4/c1-2-3-9-22(19-10-12-20(13-11-19)24(31)26-15-14-23(29)30)32-25-27-16-21(17-28-25)18-7-5-4-6-8-18/h4-8,10-13,16-17,22H,2-3,9,14-15H2,1H3,(H,26,31)(H,29,30)/t22-/m1/s1. The molecular formula is C25H27N3O4. The Morgan fingerprint density at radius 2 is 1.69 bits per heavy atom. The molecule has 0 aliphatic heterocycles. The summed E-state index contributed by atoms with van der Waals surface area (Å²) in [7, 11) is 0. The first-order valence-corrected chi connectivity index (χ1v) is 10.7. The van der Waals surface area contributed by atoms with E-state index in [1.807, 2.05) is 42.5 Å². The summed E-state index contributed by atoms with van der Waals surface area (Å²) in [5, 5.41) is 11.3. The largest absolute Gasteiger partial charge is 0.481 e. The number of hydrogen-bond donors (Lipinski definition) is 2. The minimum atomic E-state index is -0.949. The van der Waals surface area contributed by atoms with Crippen molar-refractivity contribution in [3.05, 3.63) is 78.1 Å². The molecule has 166 valence electrons. The van der Waals surface area contributed by atoms with Gasteiger partial charge in [0.25, 0.3) is 5.91 Å². The first-order valence-electron chi connectivity index (χ1n) is 10.7. The number of unbranched alkanes of at least 4 members (excludes halogenated alkanes) is 1. The van der Waals surface area contributed by atoms with Crippen molar-refractivity contribution in [3.8, 4) is 17.1 Å². The second kappa shape index (κ2) is 11.6. The van der Waals surface area contributed by atoms with Crippen molar-refractivity contribution in [2.24, 2.45) is 0 Å². The molecule has 0 spiro atoms. The van der Waals surface area contributed by atoms with E-state index in [1.165, 1.54) is 0 Å². The molecule has 1 aromatic heterocycles. The van der Waals surface area contributed by atoms with Gasteiger partial charge >= 0.3 is 12.0 Å². The third-order valence-corrected chi connectivity index (χ3v) is 4.97. The molecule has 1 amide bonds. The van der Waals surface area contributed by atoms with E-state index >= 15 is 0 Å². The summed E-state index contributed by atoms with van der Waals surface area (Å²) in [4.78, 5) is 31.5. The van der Waals surface area contributed by atoms with Crippen molar-refractivity contribution in [3.63, 3.8) is 0 Å². The van der Waals surface area contributed by atoms with Crippen LogP contribution in [0.4, 0.5) is 0 Å². The summed E-state index contributed by atoms with van der Waals surface area (Å²) in [6.45, 7) is 2.21. The van der Waals surface area contributed by atoms with E-state index < -0.39 is 5.97 Å². The Morgan fingerprint density at radius 3 is 2.31 bits per heavy atom. The zero-order valence-corrected chi connectivity index (χ0v) is 18.0. The van der Waals surface area contributed by atoms with Crippen LogP contribution in [0.2, 0.25) is 0 Å². The van der Waals surface area contributed by atoms with Crippen LogP contribution in [0.3, 0.4) is 0 Å². The van der Waals surface area contributed by atoms with Crippen molar-refractivity contribution in [2.75, 3.05) is 6.54 Å². The maximum absolute atomic E-state index is 12.2. The fourth-order valence-electron chi connectivity index (χ4n) is 3.20. The number of carboxylic acids is 1. The molecule has 32 heavy (non-hydrogen) atoms. The summed E-state index contributed by atoms with van der Waals surface area (Å²) in [5.74, 6) is -1.25. The number of nitrogens with zero attached hydrogens (tertiary/aromatic N) is 2. The topological polar surface area (TPSA) is 101 Å². The molecule has 1 atom stereocenters. The second-order valence-electron chi connectivity index (χ2n) is 7.39. The maximum atomic E-state index is 12.2. The number of carbonyl (C=O) groups excluding carboxylic acids is 1. The highest BCUT2D eigenvalue weighted by atomic mass is 16.5. The van der Waals surface area contributed by atoms with Crippen molar-refractivity contribution in [2.45, 2.75) is 38.7 Å². The number of hydrogen-bond acceptors (Lipinski definition) is 5. The van der Waals surface area contributed by atoms with Crippen LogP contribution in [-0.2, 0) is 4.79 Å². The van der Waals surface area contributed by atoms with Gasteiger partial charge in [0.2, 0.25) is 0 Å². The molecule has 0 aliphatic rings. The van der Waals surface area contributed by atoms with E-state index in [9.17, 15) is 9.59 Å². The molecule has 0 saturated heterocycles. The monoisotopic (exact) mass is 433 g/mol. The lowest BCUT2D eigenvalue weighted by Crippen LogP contribution is -2.26. The number of ether oxygens (including phenoxy) is 1. The number of carbonyl (C=O) groups is 2. The molecule has 0 fully saturated rings. The van der Waals surface area contributed by atoms with Gasteiger partial charge in [-0.25, -0.2) is 9.97 Å². The first kappa shape index (κ1) is 22.9. The van der Waals surface area contributed by atoms with Gasteiger partial charge in [-0.1, -0.05) is 55.8 Å². The predicted molar refractivity (Wildman–Crippen MR) is 121 cm³/mol. The number of amides is 1. The number of aromatic nitrogens is 2. The van der Waals surface area contributed by atoms with Gasteiger partial charge in [0.15, 0.2) is 0 Å². The van der Waals surface area contributed by atoms with Crippen molar-refractivity contribution in [1.82, 2.24) is 15.3 Å². The van der Waals surface area contributed by atoms with Gasteiger partial charge < -0.3 is 15.2 Å². The molecule has 2 aromatic carbocycles. The Hall–Kier alpha value is -3.74. The van der Waals surface area contributed by atoms with Crippen LogP contribution in [0.15, 0.2) is 67.0 Å². The Bertz CT molecular complexity index is 1010. The molecule has 3 aromatic rings. The van der Waals surface area contributed by atoms with Gasteiger partial charge in [-0.2, -0.15) is 0 Å². The highest BCUT2D eigenvalue weighted by Gasteiger charge is 2.16. The Labute approximate surface area is 187 Å². The molecule has 0 aliphatic carbocycles. The Kier molecular flexibility index (Phi) is 8.31. The van der Waals surface area contributed by atoms with Crippen molar-refractivity contribution in [1.29, 1.82) is 0 Å². The van der Waals surface area contributed by atoms with Crippen LogP contribution in [0.5, 0.6) is 6.01 Å². The smallest absolute Gasteiger partial charge is 0.316 e. The van der Waals surface area contributed by atoms with Crippen LogP contribution in [0.1, 0.15) is 54.6 Å². The molecule has 0 radical (unpaired) electrons. The molecule has 0 bridgehead atoms. The van der Waals surface area contributed by atoms with Gasteiger partial charge in [0.05, 0.1) is 6.42 Å². The quantitative estimate of drug-likeness (QED) is 0.456. The summed E-state index contributed by atoms with van der Waals surface area (Å²) in [6, 6.07) is 17.3. The summed E-state index contributed by atoms with van der Waals surface area (Å²) in [6.07, 6.45) is 5.95. The highest BCUT2D eigenvalue weighted by Crippen LogP contribution is 2.26. The van der Waals surface area contributed by atoms with E-state index in [1.54, 1.807) is 24.5 Å². The SMILES string of the molecule is CCCC[C@@H](Oc1ncc(-c2ccccc2)cn1)c1ccc(C(=O)NCCC(=O)O)cc1. The molecule has 2 N–H and O–H groups in total. The highest BCUT2D eigenvalue weighted by molar-refractivity contribution is 5.94. The normalized spacial score (nSPS) is 11.5. The van der Waals surface area contributed by atoms with E-state index in [0.717, 1.165) is 36.0 Å².